The van der Waals surface area contributed by atoms with Crippen LogP contribution in [-0.2, 0) is 29.1 Å². The van der Waals surface area contributed by atoms with Crippen molar-refractivity contribution in [3.63, 3.8) is 0 Å². The van der Waals surface area contributed by atoms with Crippen LogP contribution in [0.15, 0.2) is 0 Å². The molecule has 0 bridgehead atoms. The normalized spacial score (nSPS) is 10.9. The number of urea groups is 1. The Bertz CT molecular complexity index is 232. The van der Waals surface area contributed by atoms with E-state index in [2.05, 4.69) is 5.73 Å². The molecule has 0 aliphatic heterocycles. The van der Waals surface area contributed by atoms with Crippen LogP contribution < -0.4 is 21.3 Å². The molecule has 0 aromatic rings. The van der Waals surface area contributed by atoms with Gasteiger partial charge in [-0.25, -0.2) is 4.79 Å². The molecule has 0 aromatic heterocycles. The number of primary amides is 1. The van der Waals surface area contributed by atoms with Gasteiger partial charge in [-0.3, -0.25) is 0 Å². The Morgan fingerprint density at radius 2 is 1.79 bits per heavy atom. The second-order valence-corrected chi connectivity index (χ2v) is 2.29. The van der Waals surface area contributed by atoms with Gasteiger partial charge in [0.15, 0.2) is 0 Å². The largest absolute Gasteiger partial charge is 2.00 e. The molecule has 8 heteroatoms. The number of carbonyl (C=O) groups excluding carboxylic acids is 3. The van der Waals surface area contributed by atoms with E-state index in [1.165, 1.54) is 0 Å². The van der Waals surface area contributed by atoms with Gasteiger partial charge in [-0.1, -0.05) is 0 Å². The molecule has 74 valence electrons. The molecule has 0 heterocycles. The quantitative estimate of drug-likeness (QED) is 0.486. The van der Waals surface area contributed by atoms with Crippen LogP contribution in [-0.4, -0.2) is 24.0 Å². The van der Waals surface area contributed by atoms with E-state index in [-0.39, 0.29) is 25.9 Å². The number of nitrogens with one attached hydrogen (secondary N) is 1. The number of carboxylic acids is 2. The maximum Gasteiger partial charge on any atom is 2.00 e. The molecule has 0 rings (SSSR count). The number of amides is 2. The molecule has 0 saturated heterocycles. The molecule has 1 unspecified atom stereocenters. The van der Waals surface area contributed by atoms with Crippen LogP contribution in [0.2, 0.25) is 0 Å². The first-order chi connectivity index (χ1) is 5.93. The molecule has 0 radical (unpaired) electrons. The van der Waals surface area contributed by atoms with E-state index in [0.29, 0.717) is 0 Å². The summed E-state index contributed by atoms with van der Waals surface area (Å²) in [6, 6.07) is -2.44. The first kappa shape index (κ1) is 15.3. The van der Waals surface area contributed by atoms with Gasteiger partial charge in [-0.05, 0) is 12.8 Å². The second kappa shape index (κ2) is 7.26. The molecule has 0 aromatic carbocycles. The first-order valence-electron chi connectivity index (χ1n) is 3.40. The van der Waals surface area contributed by atoms with Crippen LogP contribution in [0.5, 0.6) is 0 Å². The van der Waals surface area contributed by atoms with E-state index < -0.39 is 30.4 Å². The molecule has 7 nitrogen and oxygen atoms in total. The maximum absolute atomic E-state index is 10.3. The number of hydrogen-bond donors (Lipinski definition) is 2. The fourth-order valence-electron chi connectivity index (χ4n) is 0.683. The van der Waals surface area contributed by atoms with Gasteiger partial charge in [-0.2, -0.15) is 0 Å². The van der Waals surface area contributed by atoms with Crippen molar-refractivity contribution >= 4 is 18.0 Å². The topological polar surface area (TPSA) is 135 Å². The molecule has 0 aliphatic carbocycles. The summed E-state index contributed by atoms with van der Waals surface area (Å²) in [6.45, 7) is 0. The number of carbonyl (C=O) groups is 3. The van der Waals surface area contributed by atoms with E-state index in [1.807, 2.05) is 5.32 Å². The van der Waals surface area contributed by atoms with Gasteiger partial charge >= 0.3 is 25.5 Å². The summed E-state index contributed by atoms with van der Waals surface area (Å²) in [5.74, 6) is -2.99. The summed E-state index contributed by atoms with van der Waals surface area (Å²) in [6.07, 6.45) is -0.799. The Kier molecular flexibility index (Phi) is 7.94. The molecule has 0 fully saturated rings. The monoisotopic (exact) mass is 252 g/mol. The summed E-state index contributed by atoms with van der Waals surface area (Å²) < 4.78 is 0. The van der Waals surface area contributed by atoms with Gasteiger partial charge < -0.3 is 30.9 Å². The van der Waals surface area contributed by atoms with Crippen LogP contribution >= 0.6 is 0 Å². The van der Waals surface area contributed by atoms with Crippen molar-refractivity contribution in [3.05, 3.63) is 0 Å². The van der Waals surface area contributed by atoms with Crippen LogP contribution in [0, 0.1) is 0 Å². The third-order valence-electron chi connectivity index (χ3n) is 1.24. The number of carboxylic acid groups (broad SMARTS) is 2. The summed E-state index contributed by atoms with van der Waals surface area (Å²) in [4.78, 5) is 30.4. The minimum Gasteiger partial charge on any atom is -0.550 e. The molecule has 1 atom stereocenters. The second-order valence-electron chi connectivity index (χ2n) is 2.29. The predicted molar refractivity (Wildman–Crippen MR) is 35.8 cm³/mol. The Morgan fingerprint density at radius 1 is 1.29 bits per heavy atom. The van der Waals surface area contributed by atoms with Gasteiger partial charge in [0.1, 0.15) is 0 Å². The van der Waals surface area contributed by atoms with E-state index in [1.54, 1.807) is 0 Å². The molecular formula is C6H8N2O5Zn. The number of rotatable bonds is 5. The van der Waals surface area contributed by atoms with Crippen LogP contribution in [0.1, 0.15) is 12.8 Å². The Balaban J connectivity index is 0. The van der Waals surface area contributed by atoms with Crippen molar-refractivity contribution in [1.82, 2.24) is 5.32 Å². The van der Waals surface area contributed by atoms with Gasteiger partial charge in [0.25, 0.3) is 0 Å². The summed E-state index contributed by atoms with van der Waals surface area (Å²) in [5.41, 5.74) is 4.63. The zero-order valence-electron chi connectivity index (χ0n) is 7.32. The van der Waals surface area contributed by atoms with Crippen LogP contribution in [0.3, 0.4) is 0 Å². The van der Waals surface area contributed by atoms with Crippen LogP contribution in [0.25, 0.3) is 0 Å². The zero-order chi connectivity index (χ0) is 10.4. The van der Waals surface area contributed by atoms with Crippen molar-refractivity contribution in [3.8, 4) is 0 Å². The van der Waals surface area contributed by atoms with Gasteiger partial charge in [0, 0.05) is 5.97 Å². The minimum atomic E-state index is -1.58. The average molecular weight is 254 g/mol. The van der Waals surface area contributed by atoms with Gasteiger partial charge in [0.05, 0.1) is 12.0 Å². The third-order valence-corrected chi connectivity index (χ3v) is 1.24. The molecule has 2 amide bonds. The van der Waals surface area contributed by atoms with Crippen molar-refractivity contribution in [1.29, 1.82) is 0 Å². The number of nitrogens with two attached hydrogens (primary N) is 1. The van der Waals surface area contributed by atoms with Crippen molar-refractivity contribution in [2.24, 2.45) is 5.73 Å². The van der Waals surface area contributed by atoms with E-state index in [4.69, 9.17) is 0 Å². The third kappa shape index (κ3) is 7.48. The van der Waals surface area contributed by atoms with E-state index >= 15 is 0 Å². The van der Waals surface area contributed by atoms with Gasteiger partial charge in [0.2, 0.25) is 0 Å². The van der Waals surface area contributed by atoms with Crippen molar-refractivity contribution < 1.29 is 44.1 Å². The SMILES string of the molecule is NC(=O)NC(CCC(=O)[O-])C(=O)[O-].[Zn+2]. The van der Waals surface area contributed by atoms with Crippen molar-refractivity contribution in [2.45, 2.75) is 18.9 Å². The Morgan fingerprint density at radius 3 is 2.07 bits per heavy atom. The smallest absolute Gasteiger partial charge is 0.550 e. The fraction of sp³-hybridized carbons (Fsp3) is 0.500. The molecular weight excluding hydrogens is 245 g/mol. The fourth-order valence-corrected chi connectivity index (χ4v) is 0.683. The van der Waals surface area contributed by atoms with Crippen molar-refractivity contribution in [2.75, 3.05) is 0 Å². The van der Waals surface area contributed by atoms with Gasteiger partial charge in [-0.15, -0.1) is 0 Å². The molecule has 3 N–H and O–H groups in total. The van der Waals surface area contributed by atoms with E-state index in [0.717, 1.165) is 0 Å². The standard InChI is InChI=1S/C6H10N2O5.Zn/c7-6(13)8-3(5(11)12)1-2-4(9)10;/h3H,1-2H2,(H,9,10)(H,11,12)(H3,7,8,13);/q;+2/p-2. The number of hydrogen-bond acceptors (Lipinski definition) is 5. The Hall–Kier alpha value is -1.17. The molecule has 0 aliphatic rings. The summed E-state index contributed by atoms with van der Waals surface area (Å²) in [5, 5.41) is 22.0. The minimum absolute atomic E-state index is 0. The molecule has 0 spiro atoms. The van der Waals surface area contributed by atoms with Crippen LogP contribution in [0.4, 0.5) is 4.79 Å². The average Bonchev–Trinajstić information content (AvgIpc) is 1.96. The molecule has 14 heavy (non-hydrogen) atoms. The van der Waals surface area contributed by atoms with E-state index in [9.17, 15) is 24.6 Å². The number of aliphatic carboxylic acids is 2. The first-order valence-corrected chi connectivity index (χ1v) is 3.40. The summed E-state index contributed by atoms with van der Waals surface area (Å²) in [7, 11) is 0. The maximum atomic E-state index is 10.3. The zero-order valence-corrected chi connectivity index (χ0v) is 10.3. The summed E-state index contributed by atoms with van der Waals surface area (Å²) >= 11 is 0. The molecule has 0 saturated carbocycles. The Labute approximate surface area is 92.4 Å². The predicted octanol–water partition coefficient (Wildman–Crippen LogP) is -3.70.